The molecule has 4 rings (SSSR count). The van der Waals surface area contributed by atoms with Crippen molar-refractivity contribution in [3.8, 4) is 0 Å². The molecule has 21 heavy (non-hydrogen) atoms. The second-order valence-electron chi connectivity index (χ2n) is 4.96. The molecule has 3 aromatic rings. The van der Waals surface area contributed by atoms with Crippen molar-refractivity contribution in [3.63, 3.8) is 0 Å². The maximum Gasteiger partial charge on any atom is 0.188 e. The van der Waals surface area contributed by atoms with Crippen molar-refractivity contribution in [1.82, 2.24) is 15.0 Å². The molecule has 0 amide bonds. The van der Waals surface area contributed by atoms with Crippen LogP contribution in [0.4, 0.5) is 11.5 Å². The zero-order chi connectivity index (χ0) is 14.4. The van der Waals surface area contributed by atoms with Gasteiger partial charge in [-0.1, -0.05) is 29.5 Å². The van der Waals surface area contributed by atoms with Gasteiger partial charge in [-0.15, -0.1) is 0 Å². The van der Waals surface area contributed by atoms with E-state index >= 15 is 0 Å². The Morgan fingerprint density at radius 3 is 3.00 bits per heavy atom. The number of fused-ring (bicyclic) bond motifs is 2. The van der Waals surface area contributed by atoms with Crippen molar-refractivity contribution in [2.45, 2.75) is 13.3 Å². The fourth-order valence-corrected chi connectivity index (χ4v) is 3.45. The molecule has 0 saturated carbocycles. The fourth-order valence-electron chi connectivity index (χ4n) is 2.65. The van der Waals surface area contributed by atoms with Gasteiger partial charge in [0.1, 0.15) is 16.7 Å². The van der Waals surface area contributed by atoms with Gasteiger partial charge >= 0.3 is 0 Å². The highest BCUT2D eigenvalue weighted by Gasteiger charge is 2.24. The number of Topliss-reactive ketones (excluding diaryl/α,β-unsaturated/α-hetero) is 1. The number of thiazole rings is 1. The summed E-state index contributed by atoms with van der Waals surface area (Å²) in [7, 11) is 0. The second-order valence-corrected chi connectivity index (χ2v) is 5.93. The smallest absolute Gasteiger partial charge is 0.188 e. The number of para-hydroxylation sites is 1. The van der Waals surface area contributed by atoms with Crippen LogP contribution in [0.1, 0.15) is 22.3 Å². The molecule has 0 spiro atoms. The van der Waals surface area contributed by atoms with E-state index in [1.54, 1.807) is 6.33 Å². The first kappa shape index (κ1) is 12.4. The number of hydrogen-bond acceptors (Lipinski definition) is 6. The number of ketones is 1. The van der Waals surface area contributed by atoms with Crippen molar-refractivity contribution in [2.75, 3.05) is 11.4 Å². The van der Waals surface area contributed by atoms with Crippen molar-refractivity contribution in [3.05, 3.63) is 41.2 Å². The molecule has 6 heteroatoms. The Hall–Kier alpha value is -2.34. The second kappa shape index (κ2) is 4.60. The molecule has 0 aliphatic carbocycles. The number of carbonyl (C=O) groups is 1. The lowest BCUT2D eigenvalue weighted by Crippen LogP contribution is -2.15. The van der Waals surface area contributed by atoms with Gasteiger partial charge in [0, 0.05) is 19.2 Å². The number of nitrogens with zero attached hydrogens (tertiary/aromatic N) is 4. The van der Waals surface area contributed by atoms with Gasteiger partial charge in [0.15, 0.2) is 16.6 Å². The number of hydrogen-bond donors (Lipinski definition) is 0. The molecule has 2 aromatic heterocycles. The van der Waals surface area contributed by atoms with E-state index in [9.17, 15) is 4.79 Å². The third kappa shape index (κ3) is 1.91. The summed E-state index contributed by atoms with van der Waals surface area (Å²) in [5, 5.41) is 0.485. The minimum atomic E-state index is -0.0363. The standard InChI is InChI=1S/C15H12N4OS/c1-9(20)14-18-12-13(16-8-17-15(12)21-14)19-7-6-10-4-2-3-5-11(10)19/h2-5,8H,6-7H2,1H3. The van der Waals surface area contributed by atoms with E-state index in [1.165, 1.54) is 23.8 Å². The molecule has 5 nitrogen and oxygen atoms in total. The van der Waals surface area contributed by atoms with Crippen LogP contribution in [0.25, 0.3) is 10.3 Å². The lowest BCUT2D eigenvalue weighted by Gasteiger charge is -2.18. The minimum Gasteiger partial charge on any atom is -0.324 e. The van der Waals surface area contributed by atoms with Crippen LogP contribution in [0, 0.1) is 0 Å². The summed E-state index contributed by atoms with van der Waals surface area (Å²) in [5.74, 6) is 0.750. The Morgan fingerprint density at radius 2 is 2.14 bits per heavy atom. The Bertz CT molecular complexity index is 858. The van der Waals surface area contributed by atoms with Gasteiger partial charge in [0.2, 0.25) is 0 Å². The largest absolute Gasteiger partial charge is 0.324 e. The number of carbonyl (C=O) groups excluding carboxylic acids is 1. The lowest BCUT2D eigenvalue weighted by molar-refractivity contribution is 0.101. The van der Waals surface area contributed by atoms with Gasteiger partial charge in [-0.05, 0) is 18.1 Å². The lowest BCUT2D eigenvalue weighted by atomic mass is 10.2. The van der Waals surface area contributed by atoms with Gasteiger partial charge in [0.25, 0.3) is 0 Å². The molecule has 1 aliphatic rings. The van der Waals surface area contributed by atoms with Crippen LogP contribution in [0.15, 0.2) is 30.6 Å². The Balaban J connectivity index is 1.90. The van der Waals surface area contributed by atoms with Crippen molar-refractivity contribution in [1.29, 1.82) is 0 Å². The zero-order valence-electron chi connectivity index (χ0n) is 11.4. The summed E-state index contributed by atoms with van der Waals surface area (Å²) in [4.78, 5) is 27.5. The molecule has 1 aromatic carbocycles. The van der Waals surface area contributed by atoms with Crippen LogP contribution in [0.2, 0.25) is 0 Å². The van der Waals surface area contributed by atoms with Gasteiger partial charge in [-0.3, -0.25) is 4.79 Å². The van der Waals surface area contributed by atoms with E-state index in [2.05, 4.69) is 38.1 Å². The van der Waals surface area contributed by atoms with Gasteiger partial charge < -0.3 is 4.90 Å². The Labute approximate surface area is 125 Å². The molecule has 3 heterocycles. The summed E-state index contributed by atoms with van der Waals surface area (Å²) < 4.78 is 0. The number of aromatic nitrogens is 3. The molecule has 0 N–H and O–H groups in total. The fraction of sp³-hybridized carbons (Fsp3) is 0.200. The van der Waals surface area contributed by atoms with Gasteiger partial charge in [0.05, 0.1) is 0 Å². The molecule has 1 aliphatic heterocycles. The topological polar surface area (TPSA) is 59.0 Å². The highest BCUT2D eigenvalue weighted by Crippen LogP contribution is 2.36. The van der Waals surface area contributed by atoms with E-state index in [0.717, 1.165) is 29.3 Å². The van der Waals surface area contributed by atoms with Crippen LogP contribution in [0.3, 0.4) is 0 Å². The molecular weight excluding hydrogens is 284 g/mol. The van der Waals surface area contributed by atoms with Crippen LogP contribution in [-0.4, -0.2) is 27.3 Å². The Morgan fingerprint density at radius 1 is 1.29 bits per heavy atom. The van der Waals surface area contributed by atoms with Crippen molar-refractivity contribution >= 4 is 39.0 Å². The predicted octanol–water partition coefficient (Wildman–Crippen LogP) is 2.98. The highest BCUT2D eigenvalue weighted by molar-refractivity contribution is 7.20. The molecular formula is C15H12N4OS. The first-order valence-corrected chi connectivity index (χ1v) is 7.53. The number of rotatable bonds is 2. The summed E-state index contributed by atoms with van der Waals surface area (Å²) in [5.41, 5.74) is 3.19. The maximum absolute atomic E-state index is 11.5. The van der Waals surface area contributed by atoms with E-state index in [4.69, 9.17) is 0 Å². The van der Waals surface area contributed by atoms with Crippen LogP contribution < -0.4 is 4.90 Å². The van der Waals surface area contributed by atoms with Gasteiger partial charge in [-0.25, -0.2) is 15.0 Å². The van der Waals surface area contributed by atoms with Crippen molar-refractivity contribution in [2.24, 2.45) is 0 Å². The van der Waals surface area contributed by atoms with Crippen LogP contribution in [-0.2, 0) is 6.42 Å². The van der Waals surface area contributed by atoms with E-state index in [0.29, 0.717) is 10.5 Å². The zero-order valence-corrected chi connectivity index (χ0v) is 12.2. The average molecular weight is 296 g/mol. The summed E-state index contributed by atoms with van der Waals surface area (Å²) >= 11 is 1.32. The first-order valence-electron chi connectivity index (χ1n) is 6.72. The average Bonchev–Trinajstić information content (AvgIpc) is 3.11. The molecule has 0 radical (unpaired) electrons. The van der Waals surface area contributed by atoms with Gasteiger partial charge in [-0.2, -0.15) is 0 Å². The predicted molar refractivity (Wildman–Crippen MR) is 82.4 cm³/mol. The molecule has 0 fully saturated rings. The molecule has 0 bridgehead atoms. The summed E-state index contributed by atoms with van der Waals surface area (Å²) in [6.07, 6.45) is 2.53. The van der Waals surface area contributed by atoms with Crippen LogP contribution in [0.5, 0.6) is 0 Å². The quantitative estimate of drug-likeness (QED) is 0.680. The third-order valence-electron chi connectivity index (χ3n) is 3.62. The highest BCUT2D eigenvalue weighted by atomic mass is 32.1. The first-order chi connectivity index (χ1) is 10.2. The van der Waals surface area contributed by atoms with Crippen molar-refractivity contribution < 1.29 is 4.79 Å². The van der Waals surface area contributed by atoms with E-state index < -0.39 is 0 Å². The molecule has 0 atom stereocenters. The third-order valence-corrected chi connectivity index (χ3v) is 4.68. The van der Waals surface area contributed by atoms with Crippen LogP contribution >= 0.6 is 11.3 Å². The number of benzene rings is 1. The summed E-state index contributed by atoms with van der Waals surface area (Å²) in [6, 6.07) is 8.30. The number of anilines is 2. The summed E-state index contributed by atoms with van der Waals surface area (Å²) in [6.45, 7) is 2.40. The Kier molecular flexibility index (Phi) is 2.71. The maximum atomic E-state index is 11.5. The normalized spacial score (nSPS) is 13.7. The monoisotopic (exact) mass is 296 g/mol. The van der Waals surface area contributed by atoms with E-state index in [1.807, 2.05) is 6.07 Å². The molecule has 0 saturated heterocycles. The minimum absolute atomic E-state index is 0.0363. The molecule has 104 valence electrons. The van der Waals surface area contributed by atoms with E-state index in [-0.39, 0.29) is 5.78 Å². The SMILES string of the molecule is CC(=O)c1nc2c(N3CCc4ccccc43)ncnc2s1. The molecule has 0 unspecified atom stereocenters.